The Bertz CT molecular complexity index is 1150. The van der Waals surface area contributed by atoms with Gasteiger partial charge in [-0.05, 0) is 48.0 Å². The van der Waals surface area contributed by atoms with E-state index in [1.807, 2.05) is 28.8 Å². The van der Waals surface area contributed by atoms with E-state index in [-0.39, 0.29) is 11.6 Å². The fraction of sp³-hybridized carbons (Fsp3) is 0.0476. The Morgan fingerprint density at radius 2 is 2.00 bits per heavy atom. The summed E-state index contributed by atoms with van der Waals surface area (Å²) < 4.78 is 20.5. The van der Waals surface area contributed by atoms with Crippen molar-refractivity contribution in [2.45, 2.75) is 0 Å². The Hall–Kier alpha value is -3.67. The number of phenols is 1. The van der Waals surface area contributed by atoms with Crippen molar-refractivity contribution in [3.8, 4) is 22.8 Å². The van der Waals surface area contributed by atoms with E-state index in [0.29, 0.717) is 22.8 Å². The van der Waals surface area contributed by atoms with Gasteiger partial charge in [0.15, 0.2) is 17.3 Å². The molecule has 0 saturated carbocycles. The van der Waals surface area contributed by atoms with Gasteiger partial charge in [0.25, 0.3) is 0 Å². The first-order chi connectivity index (χ1) is 13.2. The highest BCUT2D eigenvalue weighted by Crippen LogP contribution is 2.36. The summed E-state index contributed by atoms with van der Waals surface area (Å²) in [5.41, 5.74) is 2.76. The van der Waals surface area contributed by atoms with E-state index >= 15 is 0 Å². The summed E-state index contributed by atoms with van der Waals surface area (Å²) in [5.74, 6) is 0.683. The predicted molar refractivity (Wildman–Crippen MR) is 102 cm³/mol. The van der Waals surface area contributed by atoms with Crippen LogP contribution in [0.1, 0.15) is 5.56 Å². The van der Waals surface area contributed by atoms with Crippen molar-refractivity contribution < 1.29 is 14.2 Å². The molecule has 0 spiro atoms. The van der Waals surface area contributed by atoms with Crippen molar-refractivity contribution in [3.05, 3.63) is 78.2 Å². The van der Waals surface area contributed by atoms with Crippen LogP contribution < -0.4 is 4.74 Å². The largest absolute Gasteiger partial charge is 0.504 e. The van der Waals surface area contributed by atoms with Crippen LogP contribution in [0.5, 0.6) is 11.5 Å². The molecule has 0 atom stereocenters. The molecule has 0 amide bonds. The number of nitrogens with zero attached hydrogens (tertiary/aromatic N) is 3. The summed E-state index contributed by atoms with van der Waals surface area (Å²) in [6, 6.07) is 16.9. The molecule has 0 radical (unpaired) electrons. The Morgan fingerprint density at radius 1 is 1.11 bits per heavy atom. The standard InChI is InChI=1S/C21H16FN3O2/c1-27-18-12-15(8-9-17(18)26)20-21(25-10-3-2-7-19(25)24-20)23-13-14-5-4-6-16(22)11-14/h2-13,26H,1H3/b23-13+. The number of phenolic OH excluding ortho intramolecular Hbond substituents is 1. The molecule has 0 bridgehead atoms. The third kappa shape index (κ3) is 3.25. The average molecular weight is 361 g/mol. The second kappa shape index (κ2) is 6.92. The number of aliphatic imine (C=N–C) groups is 1. The first-order valence-electron chi connectivity index (χ1n) is 8.30. The van der Waals surface area contributed by atoms with E-state index in [1.54, 1.807) is 36.5 Å². The van der Waals surface area contributed by atoms with Crippen LogP contribution >= 0.6 is 0 Å². The Kier molecular flexibility index (Phi) is 4.30. The van der Waals surface area contributed by atoms with Crippen LogP contribution in [-0.4, -0.2) is 27.8 Å². The third-order valence-electron chi connectivity index (χ3n) is 4.14. The predicted octanol–water partition coefficient (Wildman–Crippen LogP) is 4.61. The van der Waals surface area contributed by atoms with Crippen LogP contribution in [0.4, 0.5) is 10.2 Å². The average Bonchev–Trinajstić information content (AvgIpc) is 3.05. The highest BCUT2D eigenvalue weighted by molar-refractivity contribution is 5.85. The highest BCUT2D eigenvalue weighted by atomic mass is 19.1. The van der Waals surface area contributed by atoms with Crippen molar-refractivity contribution in [1.29, 1.82) is 0 Å². The van der Waals surface area contributed by atoms with Gasteiger partial charge in [-0.15, -0.1) is 0 Å². The number of benzene rings is 2. The highest BCUT2D eigenvalue weighted by Gasteiger charge is 2.15. The minimum absolute atomic E-state index is 0.0508. The van der Waals surface area contributed by atoms with Gasteiger partial charge in [-0.2, -0.15) is 0 Å². The molecule has 6 heteroatoms. The zero-order chi connectivity index (χ0) is 18.8. The summed E-state index contributed by atoms with van der Waals surface area (Å²) in [4.78, 5) is 9.22. The molecule has 4 aromatic rings. The lowest BCUT2D eigenvalue weighted by Crippen LogP contribution is -1.87. The van der Waals surface area contributed by atoms with Gasteiger partial charge in [0.2, 0.25) is 0 Å². The number of fused-ring (bicyclic) bond motifs is 1. The van der Waals surface area contributed by atoms with Crippen LogP contribution in [0.2, 0.25) is 0 Å². The molecule has 2 aromatic carbocycles. The molecule has 0 fully saturated rings. The molecule has 27 heavy (non-hydrogen) atoms. The lowest BCUT2D eigenvalue weighted by atomic mass is 10.1. The molecule has 0 saturated heterocycles. The Morgan fingerprint density at radius 3 is 2.81 bits per heavy atom. The van der Waals surface area contributed by atoms with E-state index in [2.05, 4.69) is 9.98 Å². The summed E-state index contributed by atoms with van der Waals surface area (Å²) in [6.07, 6.45) is 3.46. The molecule has 134 valence electrons. The zero-order valence-electron chi connectivity index (χ0n) is 14.5. The lowest BCUT2D eigenvalue weighted by molar-refractivity contribution is 0.373. The van der Waals surface area contributed by atoms with E-state index in [0.717, 1.165) is 11.2 Å². The molecule has 2 heterocycles. The van der Waals surface area contributed by atoms with Gasteiger partial charge in [-0.3, -0.25) is 4.40 Å². The zero-order valence-corrected chi connectivity index (χ0v) is 14.5. The maximum Gasteiger partial charge on any atom is 0.165 e. The summed E-state index contributed by atoms with van der Waals surface area (Å²) in [6.45, 7) is 0. The van der Waals surface area contributed by atoms with Gasteiger partial charge < -0.3 is 9.84 Å². The fourth-order valence-corrected chi connectivity index (χ4v) is 2.85. The van der Waals surface area contributed by atoms with Crippen LogP contribution in [0.15, 0.2) is 71.9 Å². The number of aromatic nitrogens is 2. The van der Waals surface area contributed by atoms with Crippen molar-refractivity contribution >= 4 is 17.7 Å². The topological polar surface area (TPSA) is 59.1 Å². The molecular weight excluding hydrogens is 345 g/mol. The van der Waals surface area contributed by atoms with E-state index in [4.69, 9.17) is 4.74 Å². The minimum Gasteiger partial charge on any atom is -0.504 e. The van der Waals surface area contributed by atoms with Crippen LogP contribution in [-0.2, 0) is 0 Å². The molecule has 0 aliphatic rings. The molecule has 0 aliphatic carbocycles. The summed E-state index contributed by atoms with van der Waals surface area (Å²) in [5, 5.41) is 9.85. The SMILES string of the molecule is COc1cc(-c2nc3ccccn3c2/N=C/c2cccc(F)c2)ccc1O. The number of methoxy groups -OCH3 is 1. The van der Waals surface area contributed by atoms with Gasteiger partial charge in [-0.1, -0.05) is 18.2 Å². The van der Waals surface area contributed by atoms with Gasteiger partial charge in [0, 0.05) is 18.0 Å². The van der Waals surface area contributed by atoms with Crippen LogP contribution in [0.25, 0.3) is 16.9 Å². The van der Waals surface area contributed by atoms with E-state index in [9.17, 15) is 9.50 Å². The second-order valence-corrected chi connectivity index (χ2v) is 5.91. The smallest absolute Gasteiger partial charge is 0.165 e. The lowest BCUT2D eigenvalue weighted by Gasteiger charge is -2.06. The number of imidazole rings is 1. The summed E-state index contributed by atoms with van der Waals surface area (Å²) in [7, 11) is 1.49. The van der Waals surface area contributed by atoms with Crippen molar-refractivity contribution in [2.75, 3.05) is 7.11 Å². The Balaban J connectivity index is 1.87. The molecule has 4 rings (SSSR count). The van der Waals surface area contributed by atoms with Crippen molar-refractivity contribution in [3.63, 3.8) is 0 Å². The number of rotatable bonds is 4. The third-order valence-corrected chi connectivity index (χ3v) is 4.14. The second-order valence-electron chi connectivity index (χ2n) is 5.91. The van der Waals surface area contributed by atoms with E-state index < -0.39 is 0 Å². The van der Waals surface area contributed by atoms with Gasteiger partial charge in [0.05, 0.1) is 7.11 Å². The molecule has 0 unspecified atom stereocenters. The van der Waals surface area contributed by atoms with Crippen LogP contribution in [0.3, 0.4) is 0 Å². The minimum atomic E-state index is -0.319. The van der Waals surface area contributed by atoms with Gasteiger partial charge >= 0.3 is 0 Å². The Labute approximate surface area is 155 Å². The fourth-order valence-electron chi connectivity index (χ4n) is 2.85. The number of hydrogen-bond donors (Lipinski definition) is 1. The number of hydrogen-bond acceptors (Lipinski definition) is 4. The first kappa shape index (κ1) is 16.8. The normalized spacial score (nSPS) is 11.3. The molecule has 1 N–H and O–H groups in total. The van der Waals surface area contributed by atoms with Gasteiger partial charge in [-0.25, -0.2) is 14.4 Å². The number of halogens is 1. The van der Waals surface area contributed by atoms with Crippen molar-refractivity contribution in [1.82, 2.24) is 9.38 Å². The van der Waals surface area contributed by atoms with Crippen LogP contribution in [0, 0.1) is 5.82 Å². The van der Waals surface area contributed by atoms with Crippen molar-refractivity contribution in [2.24, 2.45) is 4.99 Å². The molecule has 5 nitrogen and oxygen atoms in total. The maximum absolute atomic E-state index is 13.4. The quantitative estimate of drug-likeness (QED) is 0.540. The number of aromatic hydroxyl groups is 1. The molecule has 2 aromatic heterocycles. The van der Waals surface area contributed by atoms with Gasteiger partial charge in [0.1, 0.15) is 17.2 Å². The van der Waals surface area contributed by atoms with E-state index in [1.165, 1.54) is 19.2 Å². The summed E-state index contributed by atoms with van der Waals surface area (Å²) >= 11 is 0. The first-order valence-corrected chi connectivity index (χ1v) is 8.30. The monoisotopic (exact) mass is 361 g/mol. The molecule has 0 aliphatic heterocycles. The number of pyridine rings is 1. The molecular formula is C21H16FN3O2. The maximum atomic E-state index is 13.4. The number of ether oxygens (including phenoxy) is 1.